The Hall–Kier alpha value is -2.83. The molecular formula is C19H17ClN2O4. The van der Waals surface area contributed by atoms with Crippen LogP contribution in [-0.2, 0) is 6.61 Å². The normalized spacial score (nSPS) is 12.0. The molecule has 2 heterocycles. The van der Waals surface area contributed by atoms with E-state index in [-0.39, 0.29) is 11.5 Å². The van der Waals surface area contributed by atoms with Gasteiger partial charge in [-0.3, -0.25) is 4.79 Å². The van der Waals surface area contributed by atoms with Crippen LogP contribution in [0.4, 0.5) is 5.82 Å². The standard InChI is InChI=1S/C19H17ClN2O4/c1-11-6-7-21-16(8-11)22-17(12-2-4-13(20)5-3-12)19-18(25)15(24)9-14(10-23)26-19/h2-9,17,23,25H,10H2,1H3,(H,21,22). The van der Waals surface area contributed by atoms with Gasteiger partial charge in [-0.15, -0.1) is 0 Å². The van der Waals surface area contributed by atoms with Crippen LogP contribution in [0, 0.1) is 6.92 Å². The van der Waals surface area contributed by atoms with Gasteiger partial charge in [0.2, 0.25) is 11.2 Å². The first kappa shape index (κ1) is 18.0. The van der Waals surface area contributed by atoms with Crippen molar-refractivity contribution in [3.63, 3.8) is 0 Å². The van der Waals surface area contributed by atoms with E-state index >= 15 is 0 Å². The minimum Gasteiger partial charge on any atom is -0.502 e. The Kier molecular flexibility index (Phi) is 5.25. The van der Waals surface area contributed by atoms with Crippen LogP contribution in [0.3, 0.4) is 0 Å². The van der Waals surface area contributed by atoms with E-state index in [0.717, 1.165) is 11.6 Å². The summed E-state index contributed by atoms with van der Waals surface area (Å²) in [5.41, 5.74) is 1.06. The van der Waals surface area contributed by atoms with Crippen LogP contribution in [0.2, 0.25) is 5.02 Å². The van der Waals surface area contributed by atoms with Crippen LogP contribution in [-0.4, -0.2) is 15.2 Å². The van der Waals surface area contributed by atoms with E-state index in [4.69, 9.17) is 16.0 Å². The number of aliphatic hydroxyl groups is 1. The van der Waals surface area contributed by atoms with E-state index in [0.29, 0.717) is 16.4 Å². The maximum Gasteiger partial charge on any atom is 0.227 e. The summed E-state index contributed by atoms with van der Waals surface area (Å²) in [5.74, 6) is 0.0663. The van der Waals surface area contributed by atoms with Gasteiger partial charge < -0.3 is 19.9 Å². The molecule has 0 fully saturated rings. The molecule has 1 atom stereocenters. The van der Waals surface area contributed by atoms with Gasteiger partial charge in [0.1, 0.15) is 24.2 Å². The van der Waals surface area contributed by atoms with E-state index in [9.17, 15) is 15.0 Å². The molecule has 3 rings (SSSR count). The van der Waals surface area contributed by atoms with Gasteiger partial charge in [0.15, 0.2) is 5.76 Å². The van der Waals surface area contributed by atoms with Crippen molar-refractivity contribution >= 4 is 17.4 Å². The van der Waals surface area contributed by atoms with Crippen LogP contribution in [0.5, 0.6) is 5.75 Å². The molecule has 26 heavy (non-hydrogen) atoms. The number of hydrogen-bond acceptors (Lipinski definition) is 6. The molecule has 134 valence electrons. The first-order valence-electron chi connectivity index (χ1n) is 7.89. The molecule has 0 aliphatic heterocycles. The van der Waals surface area contributed by atoms with Gasteiger partial charge in [0.25, 0.3) is 0 Å². The fourth-order valence-electron chi connectivity index (χ4n) is 2.55. The molecule has 0 amide bonds. The number of aromatic hydroxyl groups is 1. The van der Waals surface area contributed by atoms with Gasteiger partial charge in [-0.05, 0) is 42.3 Å². The number of hydrogen-bond donors (Lipinski definition) is 3. The molecule has 0 aliphatic rings. The lowest BCUT2D eigenvalue weighted by atomic mass is 10.0. The lowest BCUT2D eigenvalue weighted by Gasteiger charge is -2.20. The van der Waals surface area contributed by atoms with Crippen molar-refractivity contribution < 1.29 is 14.6 Å². The predicted octanol–water partition coefficient (Wildman–Crippen LogP) is 3.40. The Balaban J connectivity index is 2.13. The molecule has 0 aliphatic carbocycles. The minimum absolute atomic E-state index is 0.00724. The van der Waals surface area contributed by atoms with Crippen LogP contribution in [0.15, 0.2) is 57.9 Å². The third-order valence-corrected chi connectivity index (χ3v) is 4.08. The van der Waals surface area contributed by atoms with Crippen LogP contribution in [0.1, 0.15) is 28.7 Å². The SMILES string of the molecule is Cc1ccnc(NC(c2ccc(Cl)cc2)c2oc(CO)cc(=O)c2O)c1. The van der Waals surface area contributed by atoms with Gasteiger partial charge in [-0.25, -0.2) is 4.98 Å². The van der Waals surface area contributed by atoms with Gasteiger partial charge in [-0.1, -0.05) is 23.7 Å². The maximum absolute atomic E-state index is 12.0. The molecule has 1 unspecified atom stereocenters. The van der Waals surface area contributed by atoms with Gasteiger partial charge in [-0.2, -0.15) is 0 Å². The van der Waals surface area contributed by atoms with E-state index in [2.05, 4.69) is 10.3 Å². The highest BCUT2D eigenvalue weighted by Crippen LogP contribution is 2.31. The maximum atomic E-state index is 12.0. The van der Waals surface area contributed by atoms with Crippen molar-refractivity contribution in [2.24, 2.45) is 0 Å². The van der Waals surface area contributed by atoms with E-state index in [1.807, 2.05) is 19.1 Å². The summed E-state index contributed by atoms with van der Waals surface area (Å²) >= 11 is 5.96. The molecular weight excluding hydrogens is 356 g/mol. The van der Waals surface area contributed by atoms with E-state index in [1.54, 1.807) is 30.5 Å². The number of nitrogens with one attached hydrogen (secondary N) is 1. The number of benzene rings is 1. The second kappa shape index (κ2) is 7.59. The zero-order valence-electron chi connectivity index (χ0n) is 13.9. The fraction of sp³-hybridized carbons (Fsp3) is 0.158. The minimum atomic E-state index is -0.708. The Bertz CT molecular complexity index is 970. The highest BCUT2D eigenvalue weighted by atomic mass is 35.5. The third kappa shape index (κ3) is 3.87. The summed E-state index contributed by atoms with van der Waals surface area (Å²) < 4.78 is 5.56. The molecule has 0 saturated heterocycles. The molecule has 7 heteroatoms. The van der Waals surface area contributed by atoms with Crippen LogP contribution in [0.25, 0.3) is 0 Å². The average Bonchev–Trinajstić information content (AvgIpc) is 2.63. The van der Waals surface area contributed by atoms with E-state index in [1.165, 1.54) is 0 Å². The molecule has 6 nitrogen and oxygen atoms in total. The van der Waals surface area contributed by atoms with E-state index < -0.39 is 23.8 Å². The number of aryl methyl sites for hydroxylation is 1. The second-order valence-corrected chi connectivity index (χ2v) is 6.23. The topological polar surface area (TPSA) is 95.6 Å². The molecule has 3 aromatic rings. The lowest BCUT2D eigenvalue weighted by molar-refractivity contribution is 0.234. The van der Waals surface area contributed by atoms with Crippen molar-refractivity contribution in [1.29, 1.82) is 0 Å². The predicted molar refractivity (Wildman–Crippen MR) is 98.5 cm³/mol. The highest BCUT2D eigenvalue weighted by molar-refractivity contribution is 6.30. The number of rotatable bonds is 5. The molecule has 0 radical (unpaired) electrons. The average molecular weight is 373 g/mol. The Morgan fingerprint density at radius 1 is 1.23 bits per heavy atom. The number of pyridine rings is 1. The third-order valence-electron chi connectivity index (χ3n) is 3.83. The summed E-state index contributed by atoms with van der Waals surface area (Å²) in [4.78, 5) is 16.3. The lowest BCUT2D eigenvalue weighted by Crippen LogP contribution is -2.17. The molecule has 2 aromatic heterocycles. The van der Waals surface area contributed by atoms with Crippen LogP contribution < -0.4 is 10.7 Å². The first-order valence-corrected chi connectivity index (χ1v) is 8.27. The Morgan fingerprint density at radius 3 is 2.62 bits per heavy atom. The van der Waals surface area contributed by atoms with Crippen molar-refractivity contribution in [2.45, 2.75) is 19.6 Å². The summed E-state index contributed by atoms with van der Waals surface area (Å²) in [7, 11) is 0. The van der Waals surface area contributed by atoms with Crippen molar-refractivity contribution in [3.05, 3.63) is 86.6 Å². The van der Waals surface area contributed by atoms with Gasteiger partial charge in [0.05, 0.1) is 0 Å². The zero-order chi connectivity index (χ0) is 18.7. The summed E-state index contributed by atoms with van der Waals surface area (Å²) in [6, 6.07) is 10.9. The number of nitrogens with zero attached hydrogens (tertiary/aromatic N) is 1. The fourth-order valence-corrected chi connectivity index (χ4v) is 2.67. The first-order chi connectivity index (χ1) is 12.5. The molecule has 0 saturated carbocycles. The number of halogens is 1. The quantitative estimate of drug-likeness (QED) is 0.635. The largest absolute Gasteiger partial charge is 0.502 e. The smallest absolute Gasteiger partial charge is 0.227 e. The van der Waals surface area contributed by atoms with Gasteiger partial charge >= 0.3 is 0 Å². The summed E-state index contributed by atoms with van der Waals surface area (Å²) in [6.07, 6.45) is 1.65. The number of aromatic nitrogens is 1. The zero-order valence-corrected chi connectivity index (χ0v) is 14.7. The highest BCUT2D eigenvalue weighted by Gasteiger charge is 2.24. The summed E-state index contributed by atoms with van der Waals surface area (Å²) in [5, 5.41) is 23.3. The Labute approximate surface area is 154 Å². The second-order valence-electron chi connectivity index (χ2n) is 5.80. The number of anilines is 1. The van der Waals surface area contributed by atoms with Crippen molar-refractivity contribution in [1.82, 2.24) is 4.98 Å². The van der Waals surface area contributed by atoms with Crippen molar-refractivity contribution in [3.8, 4) is 5.75 Å². The van der Waals surface area contributed by atoms with Crippen LogP contribution >= 0.6 is 11.6 Å². The molecule has 0 spiro atoms. The molecule has 3 N–H and O–H groups in total. The molecule has 1 aromatic carbocycles. The molecule has 0 bridgehead atoms. The Morgan fingerprint density at radius 2 is 1.96 bits per heavy atom. The van der Waals surface area contributed by atoms with Gasteiger partial charge in [0, 0.05) is 17.3 Å². The summed E-state index contributed by atoms with van der Waals surface area (Å²) in [6.45, 7) is 1.46. The van der Waals surface area contributed by atoms with Crippen molar-refractivity contribution in [2.75, 3.05) is 5.32 Å². The number of aliphatic hydroxyl groups excluding tert-OH is 1. The monoisotopic (exact) mass is 372 g/mol.